The van der Waals surface area contributed by atoms with Crippen molar-refractivity contribution in [1.82, 2.24) is 0 Å². The minimum Gasteiger partial charge on any atom is -0.507 e. The molecule has 0 bridgehead atoms. The van der Waals surface area contributed by atoms with Gasteiger partial charge in [0.15, 0.2) is 5.75 Å². The molecule has 16 heavy (non-hydrogen) atoms. The van der Waals surface area contributed by atoms with E-state index in [0.717, 1.165) is 0 Å². The Balaban J connectivity index is 3.04. The van der Waals surface area contributed by atoms with E-state index in [4.69, 9.17) is 5.11 Å². The summed E-state index contributed by atoms with van der Waals surface area (Å²) in [6.07, 6.45) is 0. The number of carboxylic acids is 1. The standard InChI is InChI=1S/C11H15NO4/c1-6(2)5-12-7-3-4-8(13)9(10(7)14)11(15)16/h3-4,6,12-14H,5H2,1-2H3,(H,15,16). The van der Waals surface area contributed by atoms with E-state index < -0.39 is 23.0 Å². The van der Waals surface area contributed by atoms with E-state index in [9.17, 15) is 15.0 Å². The second kappa shape index (κ2) is 4.74. The summed E-state index contributed by atoms with van der Waals surface area (Å²) in [6, 6.07) is 2.69. The monoisotopic (exact) mass is 225 g/mol. The first-order valence-electron chi connectivity index (χ1n) is 4.95. The van der Waals surface area contributed by atoms with Crippen LogP contribution in [0.5, 0.6) is 11.5 Å². The highest BCUT2D eigenvalue weighted by Crippen LogP contribution is 2.34. The zero-order chi connectivity index (χ0) is 12.3. The molecular weight excluding hydrogens is 210 g/mol. The highest BCUT2D eigenvalue weighted by Gasteiger charge is 2.18. The van der Waals surface area contributed by atoms with Gasteiger partial charge in [-0.15, -0.1) is 0 Å². The molecule has 5 heteroatoms. The summed E-state index contributed by atoms with van der Waals surface area (Å²) in [5.41, 5.74) is -0.169. The predicted molar refractivity (Wildman–Crippen MR) is 60.1 cm³/mol. The molecule has 1 aromatic rings. The quantitative estimate of drug-likeness (QED) is 0.464. The summed E-state index contributed by atoms with van der Waals surface area (Å²) in [7, 11) is 0. The predicted octanol–water partition coefficient (Wildman–Crippen LogP) is 1.86. The Labute approximate surface area is 93.4 Å². The molecule has 0 fully saturated rings. The van der Waals surface area contributed by atoms with E-state index in [-0.39, 0.29) is 0 Å². The molecule has 0 saturated heterocycles. The lowest BCUT2D eigenvalue weighted by Gasteiger charge is -2.12. The SMILES string of the molecule is CC(C)CNc1ccc(O)c(C(=O)O)c1O. The first-order chi connectivity index (χ1) is 7.43. The second-order valence-corrected chi connectivity index (χ2v) is 3.94. The number of aromatic hydroxyl groups is 2. The molecule has 0 saturated carbocycles. The molecule has 5 nitrogen and oxygen atoms in total. The molecule has 0 amide bonds. The van der Waals surface area contributed by atoms with Gasteiger partial charge in [-0.1, -0.05) is 13.8 Å². The number of carbonyl (C=O) groups is 1. The van der Waals surface area contributed by atoms with Crippen LogP contribution in [0.2, 0.25) is 0 Å². The molecule has 0 aliphatic rings. The Kier molecular flexibility index (Phi) is 3.60. The van der Waals surface area contributed by atoms with Crippen molar-refractivity contribution >= 4 is 11.7 Å². The zero-order valence-electron chi connectivity index (χ0n) is 9.19. The fourth-order valence-corrected chi connectivity index (χ4v) is 1.25. The van der Waals surface area contributed by atoms with Crippen LogP contribution >= 0.6 is 0 Å². The molecule has 0 aliphatic heterocycles. The van der Waals surface area contributed by atoms with E-state index in [1.54, 1.807) is 0 Å². The molecule has 1 aromatic carbocycles. The van der Waals surface area contributed by atoms with Crippen LogP contribution in [0.15, 0.2) is 12.1 Å². The highest BCUT2D eigenvalue weighted by molar-refractivity contribution is 5.96. The number of aromatic carboxylic acids is 1. The number of rotatable bonds is 4. The Hall–Kier alpha value is -1.91. The van der Waals surface area contributed by atoms with Crippen molar-refractivity contribution in [3.63, 3.8) is 0 Å². The molecule has 1 rings (SSSR count). The summed E-state index contributed by atoms with van der Waals surface area (Å²) < 4.78 is 0. The Bertz CT molecular complexity index is 401. The van der Waals surface area contributed by atoms with Crippen LogP contribution in [0.1, 0.15) is 24.2 Å². The molecule has 0 unspecified atom stereocenters. The van der Waals surface area contributed by atoms with Crippen molar-refractivity contribution in [2.24, 2.45) is 5.92 Å². The highest BCUT2D eigenvalue weighted by atomic mass is 16.4. The third-order valence-corrected chi connectivity index (χ3v) is 2.07. The molecular formula is C11H15NO4. The van der Waals surface area contributed by atoms with Gasteiger partial charge in [0.25, 0.3) is 0 Å². The minimum absolute atomic E-state index is 0.309. The van der Waals surface area contributed by atoms with Crippen molar-refractivity contribution in [2.75, 3.05) is 11.9 Å². The normalized spacial score (nSPS) is 10.4. The smallest absolute Gasteiger partial charge is 0.343 e. The lowest BCUT2D eigenvalue weighted by molar-refractivity contribution is 0.0690. The molecule has 0 aromatic heterocycles. The minimum atomic E-state index is -1.36. The largest absolute Gasteiger partial charge is 0.507 e. The maximum Gasteiger partial charge on any atom is 0.343 e. The van der Waals surface area contributed by atoms with Gasteiger partial charge in [0, 0.05) is 6.54 Å². The Morgan fingerprint density at radius 3 is 2.50 bits per heavy atom. The summed E-state index contributed by atoms with van der Waals surface area (Å²) in [5.74, 6) is -1.88. The fourth-order valence-electron chi connectivity index (χ4n) is 1.25. The van der Waals surface area contributed by atoms with Crippen LogP contribution in [-0.2, 0) is 0 Å². The van der Waals surface area contributed by atoms with Gasteiger partial charge in [-0.25, -0.2) is 4.79 Å². The number of nitrogens with one attached hydrogen (secondary N) is 1. The van der Waals surface area contributed by atoms with Gasteiger partial charge < -0.3 is 20.6 Å². The lowest BCUT2D eigenvalue weighted by atomic mass is 10.1. The number of benzene rings is 1. The van der Waals surface area contributed by atoms with Crippen LogP contribution in [0.3, 0.4) is 0 Å². The molecule has 0 radical (unpaired) electrons. The summed E-state index contributed by atoms with van der Waals surface area (Å²) in [4.78, 5) is 10.8. The van der Waals surface area contributed by atoms with Crippen molar-refractivity contribution < 1.29 is 20.1 Å². The Morgan fingerprint density at radius 1 is 1.38 bits per heavy atom. The molecule has 0 aliphatic carbocycles. The Morgan fingerprint density at radius 2 is 2.00 bits per heavy atom. The van der Waals surface area contributed by atoms with Crippen molar-refractivity contribution in [2.45, 2.75) is 13.8 Å². The summed E-state index contributed by atoms with van der Waals surface area (Å²) in [5, 5.41) is 30.7. The number of anilines is 1. The molecule has 0 atom stereocenters. The van der Waals surface area contributed by atoms with Gasteiger partial charge >= 0.3 is 5.97 Å². The van der Waals surface area contributed by atoms with Gasteiger partial charge in [-0.05, 0) is 18.1 Å². The van der Waals surface area contributed by atoms with Gasteiger partial charge in [-0.2, -0.15) is 0 Å². The molecule has 0 spiro atoms. The van der Waals surface area contributed by atoms with Gasteiger partial charge in [-0.3, -0.25) is 0 Å². The average molecular weight is 225 g/mol. The van der Waals surface area contributed by atoms with E-state index in [0.29, 0.717) is 18.2 Å². The number of carboxylic acid groups (broad SMARTS) is 1. The van der Waals surface area contributed by atoms with Crippen LogP contribution in [0.25, 0.3) is 0 Å². The van der Waals surface area contributed by atoms with E-state index in [1.165, 1.54) is 12.1 Å². The second-order valence-electron chi connectivity index (χ2n) is 3.94. The number of hydrogen-bond acceptors (Lipinski definition) is 4. The molecule has 0 heterocycles. The van der Waals surface area contributed by atoms with Crippen molar-refractivity contribution in [1.29, 1.82) is 0 Å². The summed E-state index contributed by atoms with van der Waals surface area (Å²) in [6.45, 7) is 4.59. The van der Waals surface area contributed by atoms with Gasteiger partial charge in [0.05, 0.1) is 5.69 Å². The maximum atomic E-state index is 10.8. The molecule has 4 N–H and O–H groups in total. The topological polar surface area (TPSA) is 89.8 Å². The van der Waals surface area contributed by atoms with Gasteiger partial charge in [0.1, 0.15) is 11.3 Å². The zero-order valence-corrected chi connectivity index (χ0v) is 9.19. The van der Waals surface area contributed by atoms with E-state index in [2.05, 4.69) is 5.32 Å². The molecule has 88 valence electrons. The third-order valence-electron chi connectivity index (χ3n) is 2.07. The maximum absolute atomic E-state index is 10.8. The first kappa shape index (κ1) is 12.2. The average Bonchev–Trinajstić information content (AvgIpc) is 2.15. The van der Waals surface area contributed by atoms with Crippen molar-refractivity contribution in [3.05, 3.63) is 17.7 Å². The van der Waals surface area contributed by atoms with E-state index in [1.807, 2.05) is 13.8 Å². The van der Waals surface area contributed by atoms with Crippen LogP contribution in [0.4, 0.5) is 5.69 Å². The lowest BCUT2D eigenvalue weighted by Crippen LogP contribution is -2.09. The van der Waals surface area contributed by atoms with Gasteiger partial charge in [0.2, 0.25) is 0 Å². The first-order valence-corrected chi connectivity index (χ1v) is 4.95. The third kappa shape index (κ3) is 2.56. The van der Waals surface area contributed by atoms with Crippen molar-refractivity contribution in [3.8, 4) is 11.5 Å². The number of hydrogen-bond donors (Lipinski definition) is 4. The fraction of sp³-hybridized carbons (Fsp3) is 0.364. The number of phenols is 2. The van der Waals surface area contributed by atoms with Crippen LogP contribution < -0.4 is 5.32 Å². The van der Waals surface area contributed by atoms with Crippen LogP contribution in [0, 0.1) is 5.92 Å². The van der Waals surface area contributed by atoms with E-state index >= 15 is 0 Å². The van der Waals surface area contributed by atoms with Crippen LogP contribution in [-0.4, -0.2) is 27.8 Å². The summed E-state index contributed by atoms with van der Waals surface area (Å²) >= 11 is 0.